The molecule has 1 aliphatic rings. The molecule has 0 amide bonds. The first-order valence-electron chi connectivity index (χ1n) is 2.85. The minimum Gasteiger partial charge on any atom is -0.390 e. The van der Waals surface area contributed by atoms with Crippen molar-refractivity contribution in [3.8, 4) is 0 Å². The van der Waals surface area contributed by atoms with E-state index in [1.807, 2.05) is 0 Å². The Morgan fingerprint density at radius 2 is 2.11 bits per heavy atom. The van der Waals surface area contributed by atoms with Crippen molar-refractivity contribution < 1.29 is 14.6 Å². The van der Waals surface area contributed by atoms with Crippen LogP contribution in [0.3, 0.4) is 0 Å². The van der Waals surface area contributed by atoms with Crippen LogP contribution in [0, 0.1) is 0 Å². The molecule has 0 radical (unpaired) electrons. The number of aliphatic hydroxyl groups excluding tert-OH is 1. The molecule has 0 spiro atoms. The molecule has 0 aliphatic carbocycles. The monoisotopic (exact) mass is 130 g/mol. The highest BCUT2D eigenvalue weighted by atomic mass is 16.7. The van der Waals surface area contributed by atoms with Gasteiger partial charge in [-0.05, 0) is 6.08 Å². The lowest BCUT2D eigenvalue weighted by atomic mass is 10.3. The molecular formula is C6H10O3. The smallest absolute Gasteiger partial charge is 0.211 e. The molecule has 1 heterocycles. The van der Waals surface area contributed by atoms with Crippen LogP contribution in [0.15, 0.2) is 12.7 Å². The molecule has 9 heavy (non-hydrogen) atoms. The molecule has 1 aliphatic heterocycles. The summed E-state index contributed by atoms with van der Waals surface area (Å²) < 4.78 is 10.1. The number of ether oxygens (including phenoxy) is 2. The van der Waals surface area contributed by atoms with E-state index in [4.69, 9.17) is 14.6 Å². The van der Waals surface area contributed by atoms with E-state index in [-0.39, 0.29) is 6.61 Å². The van der Waals surface area contributed by atoms with E-state index in [0.29, 0.717) is 13.2 Å². The van der Waals surface area contributed by atoms with Crippen molar-refractivity contribution in [2.45, 2.75) is 5.79 Å². The first kappa shape index (κ1) is 6.74. The van der Waals surface area contributed by atoms with Crippen LogP contribution in [0.4, 0.5) is 0 Å². The second-order valence-corrected chi connectivity index (χ2v) is 1.87. The van der Waals surface area contributed by atoms with E-state index < -0.39 is 5.79 Å². The van der Waals surface area contributed by atoms with Gasteiger partial charge in [-0.15, -0.1) is 0 Å². The minimum atomic E-state index is -0.903. The molecule has 0 aromatic heterocycles. The van der Waals surface area contributed by atoms with Gasteiger partial charge in [-0.2, -0.15) is 0 Å². The molecule has 1 rings (SSSR count). The fourth-order valence-corrected chi connectivity index (χ4v) is 0.744. The maximum atomic E-state index is 8.70. The highest BCUT2D eigenvalue weighted by Crippen LogP contribution is 2.18. The summed E-state index contributed by atoms with van der Waals surface area (Å²) in [7, 11) is 0. The summed E-state index contributed by atoms with van der Waals surface area (Å²) in [4.78, 5) is 0. The molecule has 1 saturated heterocycles. The fourth-order valence-electron chi connectivity index (χ4n) is 0.744. The Bertz CT molecular complexity index is 105. The highest BCUT2D eigenvalue weighted by Gasteiger charge is 2.31. The van der Waals surface area contributed by atoms with Crippen molar-refractivity contribution >= 4 is 0 Å². The molecule has 1 N–H and O–H groups in total. The van der Waals surface area contributed by atoms with Crippen molar-refractivity contribution in [2.75, 3.05) is 19.8 Å². The van der Waals surface area contributed by atoms with Crippen LogP contribution in [0.2, 0.25) is 0 Å². The quantitative estimate of drug-likeness (QED) is 0.531. The number of hydrogen-bond acceptors (Lipinski definition) is 3. The van der Waals surface area contributed by atoms with E-state index in [9.17, 15) is 0 Å². The van der Waals surface area contributed by atoms with Crippen LogP contribution in [-0.4, -0.2) is 30.7 Å². The maximum absolute atomic E-state index is 8.70. The van der Waals surface area contributed by atoms with Gasteiger partial charge in [0.15, 0.2) is 0 Å². The van der Waals surface area contributed by atoms with Gasteiger partial charge in [0.05, 0.1) is 13.2 Å². The molecule has 0 aromatic carbocycles. The molecule has 0 unspecified atom stereocenters. The molecule has 0 aromatic rings. The zero-order valence-corrected chi connectivity index (χ0v) is 5.17. The second kappa shape index (κ2) is 2.47. The molecular weight excluding hydrogens is 120 g/mol. The van der Waals surface area contributed by atoms with Crippen molar-refractivity contribution in [1.29, 1.82) is 0 Å². The van der Waals surface area contributed by atoms with Crippen LogP contribution in [0.25, 0.3) is 0 Å². The Hall–Kier alpha value is -0.380. The van der Waals surface area contributed by atoms with E-state index in [1.165, 1.54) is 6.08 Å². The standard InChI is InChI=1S/C6H10O3/c1-2-6(5-7)8-3-4-9-6/h2,7H,1,3-5H2. The lowest BCUT2D eigenvalue weighted by Gasteiger charge is -2.19. The van der Waals surface area contributed by atoms with E-state index in [0.717, 1.165) is 0 Å². The first-order valence-corrected chi connectivity index (χ1v) is 2.85. The molecule has 52 valence electrons. The topological polar surface area (TPSA) is 38.7 Å². The summed E-state index contributed by atoms with van der Waals surface area (Å²) in [5, 5.41) is 8.70. The zero-order chi connectivity index (χ0) is 6.74. The first-order chi connectivity index (χ1) is 4.33. The summed E-state index contributed by atoms with van der Waals surface area (Å²) >= 11 is 0. The van der Waals surface area contributed by atoms with E-state index in [2.05, 4.69) is 6.58 Å². The molecule has 1 fully saturated rings. The zero-order valence-electron chi connectivity index (χ0n) is 5.17. The van der Waals surface area contributed by atoms with Crippen LogP contribution in [0.1, 0.15) is 0 Å². The predicted molar refractivity (Wildman–Crippen MR) is 31.9 cm³/mol. The highest BCUT2D eigenvalue weighted by molar-refractivity contribution is 4.91. The molecule has 0 bridgehead atoms. The maximum Gasteiger partial charge on any atom is 0.211 e. The van der Waals surface area contributed by atoms with Gasteiger partial charge in [-0.1, -0.05) is 6.58 Å². The lowest BCUT2D eigenvalue weighted by Crippen LogP contribution is -2.31. The van der Waals surface area contributed by atoms with Crippen molar-refractivity contribution in [3.63, 3.8) is 0 Å². The summed E-state index contributed by atoms with van der Waals surface area (Å²) in [6, 6.07) is 0. The van der Waals surface area contributed by atoms with Gasteiger partial charge in [-0.3, -0.25) is 0 Å². The van der Waals surface area contributed by atoms with Crippen molar-refractivity contribution in [1.82, 2.24) is 0 Å². The fraction of sp³-hybridized carbons (Fsp3) is 0.667. The number of aliphatic hydroxyl groups is 1. The SMILES string of the molecule is C=CC1(CO)OCCO1. The largest absolute Gasteiger partial charge is 0.390 e. The number of rotatable bonds is 2. The molecule has 3 nitrogen and oxygen atoms in total. The van der Waals surface area contributed by atoms with Crippen LogP contribution in [-0.2, 0) is 9.47 Å². The van der Waals surface area contributed by atoms with Crippen LogP contribution >= 0.6 is 0 Å². The van der Waals surface area contributed by atoms with Crippen LogP contribution in [0.5, 0.6) is 0 Å². The van der Waals surface area contributed by atoms with Gasteiger partial charge in [0.1, 0.15) is 6.61 Å². The normalized spacial score (nSPS) is 24.1. The average molecular weight is 130 g/mol. The summed E-state index contributed by atoms with van der Waals surface area (Å²) in [6.07, 6.45) is 1.47. The Balaban J connectivity index is 2.55. The van der Waals surface area contributed by atoms with E-state index in [1.54, 1.807) is 0 Å². The van der Waals surface area contributed by atoms with Gasteiger partial charge >= 0.3 is 0 Å². The number of hydrogen-bond donors (Lipinski definition) is 1. The van der Waals surface area contributed by atoms with E-state index >= 15 is 0 Å². The Morgan fingerprint density at radius 1 is 1.56 bits per heavy atom. The Kier molecular flexibility index (Phi) is 1.85. The van der Waals surface area contributed by atoms with Gasteiger partial charge in [-0.25, -0.2) is 0 Å². The third-order valence-corrected chi connectivity index (χ3v) is 1.31. The van der Waals surface area contributed by atoms with Gasteiger partial charge in [0.25, 0.3) is 0 Å². The lowest BCUT2D eigenvalue weighted by molar-refractivity contribution is -0.144. The Morgan fingerprint density at radius 3 is 2.33 bits per heavy atom. The third kappa shape index (κ3) is 1.13. The Labute approximate surface area is 53.9 Å². The third-order valence-electron chi connectivity index (χ3n) is 1.31. The van der Waals surface area contributed by atoms with Crippen molar-refractivity contribution in [2.24, 2.45) is 0 Å². The minimum absolute atomic E-state index is 0.156. The van der Waals surface area contributed by atoms with Crippen molar-refractivity contribution in [3.05, 3.63) is 12.7 Å². The molecule has 0 saturated carbocycles. The molecule has 0 atom stereocenters. The van der Waals surface area contributed by atoms with Gasteiger partial charge in [0.2, 0.25) is 5.79 Å². The second-order valence-electron chi connectivity index (χ2n) is 1.87. The van der Waals surface area contributed by atoms with Gasteiger partial charge < -0.3 is 14.6 Å². The van der Waals surface area contributed by atoms with Gasteiger partial charge in [0, 0.05) is 0 Å². The summed E-state index contributed by atoms with van der Waals surface area (Å²) in [5.74, 6) is -0.903. The predicted octanol–water partition coefficient (Wildman–Crippen LogP) is -0.0922. The summed E-state index contributed by atoms with van der Waals surface area (Å²) in [6.45, 7) is 4.39. The average Bonchev–Trinajstić information content (AvgIpc) is 2.36. The van der Waals surface area contributed by atoms with Crippen LogP contribution < -0.4 is 0 Å². The summed E-state index contributed by atoms with van der Waals surface area (Å²) in [5.41, 5.74) is 0. The molecule has 3 heteroatoms.